The lowest BCUT2D eigenvalue weighted by atomic mass is 9.53. The highest BCUT2D eigenvalue weighted by Crippen LogP contribution is 2.82. The largest absolute Gasteiger partial charge is 0.396 e. The quantitative estimate of drug-likeness (QED) is 0.768. The molecule has 0 aromatic carbocycles. The van der Waals surface area contributed by atoms with E-state index < -0.39 is 0 Å². The van der Waals surface area contributed by atoms with E-state index in [-0.39, 0.29) is 0 Å². The van der Waals surface area contributed by atoms with E-state index >= 15 is 0 Å². The topological polar surface area (TPSA) is 20.2 Å². The van der Waals surface area contributed by atoms with Crippen molar-refractivity contribution in [3.63, 3.8) is 0 Å². The van der Waals surface area contributed by atoms with Crippen molar-refractivity contribution in [2.24, 2.45) is 28.1 Å². The molecule has 1 heteroatoms. The number of aliphatic hydroxyl groups excluding tert-OH is 1. The molecule has 0 amide bonds. The summed E-state index contributed by atoms with van der Waals surface area (Å²) >= 11 is 0. The first-order chi connectivity index (χ1) is 7.98. The van der Waals surface area contributed by atoms with E-state index in [4.69, 9.17) is 0 Å². The lowest BCUT2D eigenvalue weighted by molar-refractivity contribution is -0.0293. The van der Waals surface area contributed by atoms with Crippen LogP contribution in [0.25, 0.3) is 0 Å². The molecule has 0 bridgehead atoms. The van der Waals surface area contributed by atoms with E-state index in [1.165, 1.54) is 38.5 Å². The predicted octanol–water partition coefficient (Wildman–Crippen LogP) is 4.00. The van der Waals surface area contributed by atoms with Crippen molar-refractivity contribution in [3.05, 3.63) is 0 Å². The molecule has 3 aliphatic carbocycles. The lowest BCUT2D eigenvalue weighted by Crippen LogP contribution is -2.44. The summed E-state index contributed by atoms with van der Waals surface area (Å²) in [6, 6.07) is 0. The van der Waals surface area contributed by atoms with Gasteiger partial charge in [0.05, 0.1) is 0 Å². The molecule has 1 spiro atoms. The lowest BCUT2D eigenvalue weighted by Gasteiger charge is -2.52. The molecule has 98 valence electrons. The number of hydrogen-bond donors (Lipinski definition) is 1. The number of rotatable bonds is 2. The average Bonchev–Trinajstić information content (AvgIpc) is 2.88. The van der Waals surface area contributed by atoms with Gasteiger partial charge >= 0.3 is 0 Å². The van der Waals surface area contributed by atoms with Crippen LogP contribution in [0.1, 0.15) is 65.7 Å². The van der Waals surface area contributed by atoms with Gasteiger partial charge in [0.15, 0.2) is 0 Å². The van der Waals surface area contributed by atoms with Gasteiger partial charge in [0.1, 0.15) is 0 Å². The Morgan fingerprint density at radius 1 is 1.18 bits per heavy atom. The van der Waals surface area contributed by atoms with E-state index in [0.717, 1.165) is 18.3 Å². The molecule has 17 heavy (non-hydrogen) atoms. The molecule has 0 heterocycles. The van der Waals surface area contributed by atoms with Crippen molar-refractivity contribution in [2.45, 2.75) is 65.7 Å². The Bertz CT molecular complexity index is 321. The number of aliphatic hydroxyl groups is 1. The van der Waals surface area contributed by atoms with Crippen molar-refractivity contribution in [3.8, 4) is 0 Å². The van der Waals surface area contributed by atoms with Crippen LogP contribution >= 0.6 is 0 Å². The van der Waals surface area contributed by atoms with Crippen LogP contribution < -0.4 is 0 Å². The minimum atomic E-state index is 0.402. The van der Waals surface area contributed by atoms with Crippen LogP contribution in [0.5, 0.6) is 0 Å². The maximum Gasteiger partial charge on any atom is 0.0436 e. The van der Waals surface area contributed by atoms with E-state index in [1.54, 1.807) is 0 Å². The van der Waals surface area contributed by atoms with Gasteiger partial charge in [0.2, 0.25) is 0 Å². The minimum absolute atomic E-state index is 0.402. The molecular formula is C16H28O. The highest BCUT2D eigenvalue weighted by molar-refractivity contribution is 5.23. The third-order valence-electron chi connectivity index (χ3n) is 6.94. The Balaban J connectivity index is 1.94. The smallest absolute Gasteiger partial charge is 0.0436 e. The molecule has 1 nitrogen and oxygen atoms in total. The molecule has 3 fully saturated rings. The van der Waals surface area contributed by atoms with Gasteiger partial charge < -0.3 is 5.11 Å². The Morgan fingerprint density at radius 2 is 1.94 bits per heavy atom. The molecule has 1 unspecified atom stereocenters. The molecule has 0 aromatic rings. The first-order valence-electron chi connectivity index (χ1n) is 7.59. The molecule has 3 aliphatic rings. The number of hydrogen-bond acceptors (Lipinski definition) is 1. The van der Waals surface area contributed by atoms with Gasteiger partial charge in [-0.2, -0.15) is 0 Å². The molecule has 0 aromatic heterocycles. The van der Waals surface area contributed by atoms with Crippen molar-refractivity contribution in [1.29, 1.82) is 0 Å². The van der Waals surface area contributed by atoms with Crippen LogP contribution in [-0.2, 0) is 0 Å². The molecule has 0 saturated heterocycles. The summed E-state index contributed by atoms with van der Waals surface area (Å²) in [7, 11) is 0. The van der Waals surface area contributed by atoms with Crippen LogP contribution in [0.4, 0.5) is 0 Å². The second-order valence-electron chi connectivity index (χ2n) is 7.84. The standard InChI is InChI=1S/C16H28O/c1-12-5-6-13-14(2,3)7-4-8-16(13)11-15(12,16)9-10-17/h12-13,17H,4-11H2,1-3H3/t12-,13?,15+,16+/m0/s1. The SMILES string of the molecule is C[C@H]1CCC2C(C)(C)CCC[C@@]23C[C@]13CCO. The Morgan fingerprint density at radius 3 is 2.65 bits per heavy atom. The van der Waals surface area contributed by atoms with Crippen LogP contribution in [0, 0.1) is 28.1 Å². The maximum absolute atomic E-state index is 9.45. The minimum Gasteiger partial charge on any atom is -0.396 e. The molecular weight excluding hydrogens is 208 g/mol. The monoisotopic (exact) mass is 236 g/mol. The van der Waals surface area contributed by atoms with Gasteiger partial charge in [0.25, 0.3) is 0 Å². The fraction of sp³-hybridized carbons (Fsp3) is 1.00. The van der Waals surface area contributed by atoms with Gasteiger partial charge in [0, 0.05) is 6.61 Å². The van der Waals surface area contributed by atoms with Gasteiger partial charge in [-0.05, 0) is 66.6 Å². The highest BCUT2D eigenvalue weighted by atomic mass is 16.3. The van der Waals surface area contributed by atoms with Gasteiger partial charge in [-0.25, -0.2) is 0 Å². The van der Waals surface area contributed by atoms with E-state index in [1.807, 2.05) is 0 Å². The molecule has 3 rings (SSSR count). The Labute approximate surface area is 106 Å². The van der Waals surface area contributed by atoms with E-state index in [9.17, 15) is 5.11 Å². The first kappa shape index (κ1) is 12.0. The predicted molar refractivity (Wildman–Crippen MR) is 70.7 cm³/mol. The zero-order valence-corrected chi connectivity index (χ0v) is 11.8. The van der Waals surface area contributed by atoms with Gasteiger partial charge in [-0.1, -0.05) is 27.2 Å². The highest BCUT2D eigenvalue weighted by Gasteiger charge is 2.74. The van der Waals surface area contributed by atoms with E-state index in [0.29, 0.717) is 22.9 Å². The second kappa shape index (κ2) is 3.50. The zero-order chi connectivity index (χ0) is 12.3. The van der Waals surface area contributed by atoms with E-state index in [2.05, 4.69) is 20.8 Å². The second-order valence-corrected chi connectivity index (χ2v) is 7.84. The maximum atomic E-state index is 9.45. The van der Waals surface area contributed by atoms with Crippen molar-refractivity contribution < 1.29 is 5.11 Å². The van der Waals surface area contributed by atoms with Crippen LogP contribution in [-0.4, -0.2) is 11.7 Å². The molecule has 0 aliphatic heterocycles. The first-order valence-corrected chi connectivity index (χ1v) is 7.59. The fourth-order valence-corrected chi connectivity index (χ4v) is 6.09. The molecule has 4 atom stereocenters. The third kappa shape index (κ3) is 1.35. The average molecular weight is 236 g/mol. The Hall–Kier alpha value is -0.0400. The summed E-state index contributed by atoms with van der Waals surface area (Å²) in [4.78, 5) is 0. The third-order valence-corrected chi connectivity index (χ3v) is 6.94. The van der Waals surface area contributed by atoms with Crippen LogP contribution in [0.15, 0.2) is 0 Å². The summed E-state index contributed by atoms with van der Waals surface area (Å²) < 4.78 is 0. The summed E-state index contributed by atoms with van der Waals surface area (Å²) in [6.07, 6.45) is 9.63. The normalized spacial score (nSPS) is 51.5. The van der Waals surface area contributed by atoms with Gasteiger partial charge in [-0.15, -0.1) is 0 Å². The van der Waals surface area contributed by atoms with Gasteiger partial charge in [-0.3, -0.25) is 0 Å². The molecule has 3 saturated carbocycles. The fourth-order valence-electron chi connectivity index (χ4n) is 6.09. The Kier molecular flexibility index (Phi) is 2.47. The van der Waals surface area contributed by atoms with Crippen molar-refractivity contribution in [1.82, 2.24) is 0 Å². The summed E-state index contributed by atoms with van der Waals surface area (Å²) in [5.41, 5.74) is 1.72. The van der Waals surface area contributed by atoms with Crippen LogP contribution in [0.2, 0.25) is 0 Å². The molecule has 0 radical (unpaired) electrons. The summed E-state index contributed by atoms with van der Waals surface area (Å²) in [5, 5.41) is 9.45. The summed E-state index contributed by atoms with van der Waals surface area (Å²) in [5.74, 6) is 1.78. The summed E-state index contributed by atoms with van der Waals surface area (Å²) in [6.45, 7) is 7.84. The molecule has 1 N–H and O–H groups in total. The van der Waals surface area contributed by atoms with Crippen LogP contribution in [0.3, 0.4) is 0 Å². The van der Waals surface area contributed by atoms with Crippen molar-refractivity contribution in [2.75, 3.05) is 6.61 Å². The zero-order valence-electron chi connectivity index (χ0n) is 11.8. The van der Waals surface area contributed by atoms with Crippen molar-refractivity contribution >= 4 is 0 Å².